The molecule has 2 heterocycles. The number of aromatic amines is 1. The van der Waals surface area contributed by atoms with Crippen molar-refractivity contribution >= 4 is 0 Å². The van der Waals surface area contributed by atoms with Gasteiger partial charge in [-0.05, 0) is 36.8 Å². The highest BCUT2D eigenvalue weighted by Gasteiger charge is 2.12. The molecule has 0 unspecified atom stereocenters. The fourth-order valence-electron chi connectivity index (χ4n) is 2.99. The molecule has 148 valence electrons. The topological polar surface area (TPSA) is 101 Å². The van der Waals surface area contributed by atoms with Crippen molar-refractivity contribution in [2.75, 3.05) is 6.61 Å². The third-order valence-corrected chi connectivity index (χ3v) is 4.51. The molecule has 7 heteroatoms. The average molecular weight is 392 g/mol. The minimum atomic E-state index is -0.670. The molecule has 0 saturated carbocycles. The summed E-state index contributed by atoms with van der Waals surface area (Å²) in [7, 11) is 0. The molecule has 4 aromatic rings. The third-order valence-electron chi connectivity index (χ3n) is 4.51. The number of nitrogens with zero attached hydrogens (tertiary/aromatic N) is 1. The van der Waals surface area contributed by atoms with Crippen LogP contribution in [0.3, 0.4) is 0 Å². The zero-order valence-corrected chi connectivity index (χ0v) is 15.8. The quantitative estimate of drug-likeness (QED) is 0.495. The monoisotopic (exact) mass is 392 g/mol. The first-order chi connectivity index (χ1) is 14.1. The summed E-state index contributed by atoms with van der Waals surface area (Å²) in [5.74, 6) is 1.42. The fraction of sp³-hybridized carbons (Fsp3) is 0.182. The Morgan fingerprint density at radius 3 is 2.52 bits per heavy atom. The number of aromatic hydroxyl groups is 1. The molecule has 0 radical (unpaired) electrons. The number of aromatic nitrogens is 2. The van der Waals surface area contributed by atoms with Crippen molar-refractivity contribution in [3.63, 3.8) is 0 Å². The molecule has 2 aromatic carbocycles. The summed E-state index contributed by atoms with van der Waals surface area (Å²) in [4.78, 5) is 17.9. The van der Waals surface area contributed by atoms with E-state index in [0.29, 0.717) is 25.3 Å². The van der Waals surface area contributed by atoms with E-state index in [0.717, 1.165) is 28.3 Å². The van der Waals surface area contributed by atoms with Crippen LogP contribution in [-0.2, 0) is 12.8 Å². The first-order valence-corrected chi connectivity index (χ1v) is 9.23. The molecular formula is C22H20N2O5. The fourth-order valence-corrected chi connectivity index (χ4v) is 2.99. The van der Waals surface area contributed by atoms with Crippen LogP contribution >= 0.6 is 0 Å². The molecule has 4 rings (SSSR count). The summed E-state index contributed by atoms with van der Waals surface area (Å²) < 4.78 is 16.5. The molecule has 0 fully saturated rings. The largest absolute Gasteiger partial charge is 0.493 e. The normalized spacial score (nSPS) is 10.9. The lowest BCUT2D eigenvalue weighted by Gasteiger charge is -2.06. The van der Waals surface area contributed by atoms with Crippen molar-refractivity contribution < 1.29 is 18.7 Å². The highest BCUT2D eigenvalue weighted by atomic mass is 16.5. The predicted molar refractivity (Wildman–Crippen MR) is 106 cm³/mol. The smallest absolute Gasteiger partial charge is 0.419 e. The van der Waals surface area contributed by atoms with Crippen molar-refractivity contribution in [3.8, 4) is 23.1 Å². The zero-order chi connectivity index (χ0) is 20.2. The lowest BCUT2D eigenvalue weighted by molar-refractivity contribution is 0.320. The van der Waals surface area contributed by atoms with Gasteiger partial charge in [-0.25, -0.2) is 9.78 Å². The number of nitrogens with one attached hydrogen (secondary N) is 1. The number of aryl methyl sites for hydroxylation is 1. The van der Waals surface area contributed by atoms with Crippen LogP contribution in [0.4, 0.5) is 0 Å². The van der Waals surface area contributed by atoms with Crippen LogP contribution in [-0.4, -0.2) is 21.7 Å². The van der Waals surface area contributed by atoms with Crippen molar-refractivity contribution in [2.24, 2.45) is 0 Å². The lowest BCUT2D eigenvalue weighted by atomic mass is 10.1. The molecule has 7 nitrogen and oxygen atoms in total. The van der Waals surface area contributed by atoms with Crippen LogP contribution in [0.5, 0.6) is 11.6 Å². The summed E-state index contributed by atoms with van der Waals surface area (Å²) in [5, 5.41) is 9.58. The molecular weight excluding hydrogens is 372 g/mol. The number of ether oxygens (including phenoxy) is 1. The van der Waals surface area contributed by atoms with Gasteiger partial charge in [0, 0.05) is 18.4 Å². The van der Waals surface area contributed by atoms with E-state index in [1.165, 1.54) is 0 Å². The van der Waals surface area contributed by atoms with Gasteiger partial charge in [-0.2, -0.15) is 0 Å². The lowest BCUT2D eigenvalue weighted by Crippen LogP contribution is -2.03. The maximum Gasteiger partial charge on any atom is 0.419 e. The third kappa shape index (κ3) is 4.40. The molecule has 2 aromatic heterocycles. The van der Waals surface area contributed by atoms with Crippen LogP contribution < -0.4 is 10.5 Å². The molecule has 0 aliphatic heterocycles. The Bertz CT molecular complexity index is 1140. The van der Waals surface area contributed by atoms with Gasteiger partial charge < -0.3 is 18.7 Å². The molecule has 0 saturated heterocycles. The van der Waals surface area contributed by atoms with Gasteiger partial charge in [0.15, 0.2) is 5.76 Å². The van der Waals surface area contributed by atoms with E-state index in [9.17, 15) is 9.90 Å². The maximum absolute atomic E-state index is 11.1. The van der Waals surface area contributed by atoms with Gasteiger partial charge in [0.05, 0.1) is 12.3 Å². The van der Waals surface area contributed by atoms with Gasteiger partial charge in [-0.3, -0.25) is 4.98 Å². The minimum absolute atomic E-state index is 0.208. The van der Waals surface area contributed by atoms with Gasteiger partial charge in [-0.15, -0.1) is 0 Å². The second-order valence-corrected chi connectivity index (χ2v) is 6.59. The van der Waals surface area contributed by atoms with Gasteiger partial charge in [-0.1, -0.05) is 30.3 Å². The molecule has 0 bridgehead atoms. The Morgan fingerprint density at radius 2 is 1.83 bits per heavy atom. The van der Waals surface area contributed by atoms with Gasteiger partial charge >= 0.3 is 5.76 Å². The number of oxazole rings is 2. The summed E-state index contributed by atoms with van der Waals surface area (Å²) in [5.41, 5.74) is 2.70. The van der Waals surface area contributed by atoms with Crippen molar-refractivity contribution in [1.82, 2.24) is 9.97 Å². The number of hydrogen-bond acceptors (Lipinski definition) is 6. The van der Waals surface area contributed by atoms with E-state index in [4.69, 9.17) is 13.6 Å². The first-order valence-electron chi connectivity index (χ1n) is 9.23. The second-order valence-electron chi connectivity index (χ2n) is 6.59. The maximum atomic E-state index is 11.1. The van der Waals surface area contributed by atoms with Crippen molar-refractivity contribution in [3.05, 3.63) is 87.9 Å². The Labute approximate surface area is 166 Å². The van der Waals surface area contributed by atoms with E-state index >= 15 is 0 Å². The summed E-state index contributed by atoms with van der Waals surface area (Å²) >= 11 is 0. The van der Waals surface area contributed by atoms with E-state index < -0.39 is 5.76 Å². The van der Waals surface area contributed by atoms with Crippen LogP contribution in [0.1, 0.15) is 22.8 Å². The Hall–Kier alpha value is -3.74. The highest BCUT2D eigenvalue weighted by Crippen LogP contribution is 2.22. The average Bonchev–Trinajstić information content (AvgIpc) is 3.25. The first kappa shape index (κ1) is 18.6. The van der Waals surface area contributed by atoms with E-state index in [1.54, 1.807) is 0 Å². The minimum Gasteiger partial charge on any atom is -0.493 e. The molecule has 0 atom stereocenters. The molecule has 0 aliphatic carbocycles. The van der Waals surface area contributed by atoms with E-state index in [-0.39, 0.29) is 11.6 Å². The highest BCUT2D eigenvalue weighted by molar-refractivity contribution is 5.53. The molecule has 29 heavy (non-hydrogen) atoms. The molecule has 0 aliphatic rings. The number of H-pyrrole nitrogens is 1. The molecule has 0 spiro atoms. The van der Waals surface area contributed by atoms with Crippen LogP contribution in [0.25, 0.3) is 11.5 Å². The second kappa shape index (κ2) is 8.10. The van der Waals surface area contributed by atoms with E-state index in [1.807, 2.05) is 61.5 Å². The summed E-state index contributed by atoms with van der Waals surface area (Å²) in [6.45, 7) is 2.37. The Balaban J connectivity index is 1.33. The van der Waals surface area contributed by atoms with Crippen molar-refractivity contribution in [2.45, 2.75) is 19.8 Å². The molecule has 0 amide bonds. The number of benzene rings is 2. The predicted octanol–water partition coefficient (Wildman–Crippen LogP) is 3.85. The number of rotatable bonds is 7. The van der Waals surface area contributed by atoms with Crippen molar-refractivity contribution in [1.29, 1.82) is 0 Å². The van der Waals surface area contributed by atoms with Crippen LogP contribution in [0, 0.1) is 6.92 Å². The van der Waals surface area contributed by atoms with Crippen LogP contribution in [0.15, 0.2) is 68.2 Å². The van der Waals surface area contributed by atoms with E-state index in [2.05, 4.69) is 9.97 Å². The zero-order valence-electron chi connectivity index (χ0n) is 15.8. The summed E-state index contributed by atoms with van der Waals surface area (Å²) in [6.07, 6.45) is 0.942. The molecule has 2 N–H and O–H groups in total. The Kier molecular flexibility index (Phi) is 5.20. The number of hydrogen-bond donors (Lipinski definition) is 2. The summed E-state index contributed by atoms with van der Waals surface area (Å²) in [6, 6.07) is 17.2. The van der Waals surface area contributed by atoms with Gasteiger partial charge in [0.2, 0.25) is 11.8 Å². The van der Waals surface area contributed by atoms with Gasteiger partial charge in [0.25, 0.3) is 0 Å². The standard InChI is InChI=1S/C22H20N2O5/c1-14-18(23-21(28-14)16-5-3-2-4-6-16)11-12-27-17-9-7-15(8-10-17)13-19-20(25)24-22(26)29-19/h2-10,25H,11-13H2,1H3,(H,24,26). The van der Waals surface area contributed by atoms with Gasteiger partial charge in [0.1, 0.15) is 11.5 Å². The van der Waals surface area contributed by atoms with Crippen LogP contribution in [0.2, 0.25) is 0 Å². The Morgan fingerprint density at radius 1 is 1.07 bits per heavy atom. The SMILES string of the molecule is Cc1oc(-c2ccccc2)nc1CCOc1ccc(Cc2oc(=O)[nH]c2O)cc1.